The molecule has 1 aromatic carbocycles. The highest BCUT2D eigenvalue weighted by Gasteiger charge is 2.34. The fourth-order valence-corrected chi connectivity index (χ4v) is 4.26. The Morgan fingerprint density at radius 3 is 2.66 bits per heavy atom. The molecule has 3 heterocycles. The molecule has 10 heteroatoms. The number of carbonyl (C=O) groups excluding carboxylic acids is 3. The molecule has 2 atom stereocenters. The summed E-state index contributed by atoms with van der Waals surface area (Å²) in [5, 5.41) is 18.4. The van der Waals surface area contributed by atoms with Crippen molar-refractivity contribution in [3.63, 3.8) is 0 Å². The molecular formula is C22H29N5O5. The number of hydrogen-bond acceptors (Lipinski definition) is 6. The maximum Gasteiger partial charge on any atom is 0.410 e. The molecule has 32 heavy (non-hydrogen) atoms. The van der Waals surface area contributed by atoms with Gasteiger partial charge >= 0.3 is 12.1 Å². The van der Waals surface area contributed by atoms with Gasteiger partial charge in [0.25, 0.3) is 0 Å². The van der Waals surface area contributed by atoms with Gasteiger partial charge in [-0.25, -0.2) is 9.59 Å². The first-order valence-corrected chi connectivity index (χ1v) is 10.8. The Bertz CT molecular complexity index is 1070. The van der Waals surface area contributed by atoms with Crippen LogP contribution in [0.5, 0.6) is 0 Å². The second-order valence-electron chi connectivity index (χ2n) is 9.37. The number of aromatic nitrogens is 2. The van der Waals surface area contributed by atoms with Crippen molar-refractivity contribution in [1.29, 1.82) is 0 Å². The minimum Gasteiger partial charge on any atom is -0.444 e. The quantitative estimate of drug-likeness (QED) is 0.734. The van der Waals surface area contributed by atoms with E-state index < -0.39 is 23.8 Å². The normalized spacial score (nSPS) is 22.3. The maximum atomic E-state index is 12.3. The van der Waals surface area contributed by atoms with Crippen LogP contribution in [0.2, 0.25) is 0 Å². The summed E-state index contributed by atoms with van der Waals surface area (Å²) < 4.78 is 7.12. The van der Waals surface area contributed by atoms with Gasteiger partial charge in [0.05, 0.1) is 18.2 Å². The lowest BCUT2D eigenvalue weighted by molar-refractivity contribution is -0.120. The number of nitrogens with zero attached hydrogens (tertiary/aromatic N) is 4. The van der Waals surface area contributed by atoms with Crippen LogP contribution in [0.1, 0.15) is 45.1 Å². The van der Waals surface area contributed by atoms with Crippen LogP contribution < -0.4 is 10.2 Å². The lowest BCUT2D eigenvalue weighted by Gasteiger charge is -2.37. The fraction of sp³-hybridized carbons (Fsp3) is 0.545. The predicted molar refractivity (Wildman–Crippen MR) is 117 cm³/mol. The Balaban J connectivity index is 1.54. The highest BCUT2D eigenvalue weighted by atomic mass is 16.6. The number of anilines is 1. The summed E-state index contributed by atoms with van der Waals surface area (Å²) in [6.07, 6.45) is -0.308. The van der Waals surface area contributed by atoms with Gasteiger partial charge < -0.3 is 14.7 Å². The summed E-state index contributed by atoms with van der Waals surface area (Å²) in [6, 6.07) is 5.31. The van der Waals surface area contributed by atoms with Crippen LogP contribution in [-0.2, 0) is 16.6 Å². The summed E-state index contributed by atoms with van der Waals surface area (Å²) in [7, 11) is 1.80. The molecule has 2 aliphatic rings. The zero-order chi connectivity index (χ0) is 23.2. The first-order valence-electron chi connectivity index (χ1n) is 10.8. The number of carbonyl (C=O) groups is 3. The number of β-amino-alcohol motifs (C(OH)–C–C–N with tert-alkyl or cyclic N) is 1. The summed E-state index contributed by atoms with van der Waals surface area (Å²) in [5.74, 6) is 0.0761. The standard InChI is InChI=1S/C22H29N5O5/c1-22(2,3)32-21(31)26-9-7-14(17(28)12-26)13-5-6-15-16(11-13)25(4)24-19(15)27-10-8-18(29)23-20(27)30/h5-6,11,14,17,28H,7-10,12H2,1-4H3,(H,23,29,30)/t14?,17-/m0/s1. The molecule has 10 nitrogen and oxygen atoms in total. The molecule has 172 valence electrons. The van der Waals surface area contributed by atoms with Gasteiger partial charge in [-0.15, -0.1) is 0 Å². The zero-order valence-corrected chi connectivity index (χ0v) is 18.8. The smallest absolute Gasteiger partial charge is 0.410 e. The molecule has 4 rings (SSSR count). The highest BCUT2D eigenvalue weighted by molar-refractivity contribution is 6.08. The number of nitrogens with one attached hydrogen (secondary N) is 1. The molecule has 2 N–H and O–H groups in total. The molecule has 2 fully saturated rings. The van der Waals surface area contributed by atoms with Gasteiger partial charge in [0.2, 0.25) is 5.91 Å². The van der Waals surface area contributed by atoms with Crippen LogP contribution in [0.15, 0.2) is 18.2 Å². The number of benzene rings is 1. The molecule has 1 aromatic heterocycles. The number of piperidine rings is 1. The van der Waals surface area contributed by atoms with Crippen LogP contribution in [0.25, 0.3) is 10.9 Å². The number of rotatable bonds is 2. The lowest BCUT2D eigenvalue weighted by atomic mass is 9.87. The van der Waals surface area contributed by atoms with Crippen molar-refractivity contribution in [2.45, 2.75) is 51.2 Å². The minimum atomic E-state index is -0.722. The Kier molecular flexibility index (Phi) is 5.58. The van der Waals surface area contributed by atoms with E-state index in [1.807, 2.05) is 39.0 Å². The summed E-state index contributed by atoms with van der Waals surface area (Å²) >= 11 is 0. The van der Waals surface area contributed by atoms with Crippen molar-refractivity contribution < 1.29 is 24.2 Å². The van der Waals surface area contributed by atoms with Gasteiger partial charge in [-0.2, -0.15) is 5.10 Å². The molecule has 0 bridgehead atoms. The van der Waals surface area contributed by atoms with Crippen LogP contribution in [0, 0.1) is 0 Å². The minimum absolute atomic E-state index is 0.132. The van der Waals surface area contributed by atoms with Gasteiger partial charge in [0.15, 0.2) is 5.82 Å². The Hall–Kier alpha value is -3.14. The molecule has 0 saturated carbocycles. The van der Waals surface area contributed by atoms with Crippen molar-refractivity contribution in [3.8, 4) is 0 Å². The van der Waals surface area contributed by atoms with Crippen LogP contribution in [-0.4, -0.2) is 69.2 Å². The fourth-order valence-electron chi connectivity index (χ4n) is 4.26. The molecule has 2 saturated heterocycles. The molecule has 4 amide bonds. The number of ether oxygens (including phenoxy) is 1. The molecule has 0 aliphatic carbocycles. The number of aryl methyl sites for hydroxylation is 1. The topological polar surface area (TPSA) is 117 Å². The summed E-state index contributed by atoms with van der Waals surface area (Å²) in [6.45, 7) is 6.42. The molecule has 2 aromatic rings. The largest absolute Gasteiger partial charge is 0.444 e. The molecular weight excluding hydrogens is 414 g/mol. The zero-order valence-electron chi connectivity index (χ0n) is 18.8. The third-order valence-corrected chi connectivity index (χ3v) is 5.83. The number of aliphatic hydroxyl groups excluding tert-OH is 1. The summed E-state index contributed by atoms with van der Waals surface area (Å²) in [4.78, 5) is 39.1. The number of aliphatic hydroxyl groups is 1. The highest BCUT2D eigenvalue weighted by Crippen LogP contribution is 2.34. The first kappa shape index (κ1) is 22.1. The Morgan fingerprint density at radius 2 is 2.00 bits per heavy atom. The van der Waals surface area contributed by atoms with Crippen LogP contribution in [0.4, 0.5) is 15.4 Å². The van der Waals surface area contributed by atoms with E-state index in [1.165, 1.54) is 4.90 Å². The van der Waals surface area contributed by atoms with E-state index in [0.29, 0.717) is 18.8 Å². The average molecular weight is 444 g/mol. The number of hydrogen-bond donors (Lipinski definition) is 2. The maximum absolute atomic E-state index is 12.3. The second kappa shape index (κ2) is 8.09. The van der Waals surface area contributed by atoms with Crippen molar-refractivity contribution in [2.24, 2.45) is 7.05 Å². The van der Waals surface area contributed by atoms with Crippen molar-refractivity contribution in [3.05, 3.63) is 23.8 Å². The Morgan fingerprint density at radius 1 is 1.25 bits per heavy atom. The van der Waals surface area contributed by atoms with E-state index >= 15 is 0 Å². The van der Waals surface area contributed by atoms with E-state index in [0.717, 1.165) is 16.5 Å². The first-order chi connectivity index (χ1) is 15.0. The van der Waals surface area contributed by atoms with E-state index in [4.69, 9.17) is 4.74 Å². The Labute approximate surface area is 186 Å². The lowest BCUT2D eigenvalue weighted by Crippen LogP contribution is -2.49. The second-order valence-corrected chi connectivity index (χ2v) is 9.37. The van der Waals surface area contributed by atoms with E-state index in [9.17, 15) is 19.5 Å². The molecule has 0 spiro atoms. The van der Waals surface area contributed by atoms with Crippen molar-refractivity contribution in [1.82, 2.24) is 20.0 Å². The monoisotopic (exact) mass is 443 g/mol. The van der Waals surface area contributed by atoms with Crippen LogP contribution >= 0.6 is 0 Å². The van der Waals surface area contributed by atoms with Gasteiger partial charge in [-0.3, -0.25) is 19.7 Å². The van der Waals surface area contributed by atoms with E-state index in [1.54, 1.807) is 16.6 Å². The SMILES string of the molecule is Cn1nc(N2CCC(=O)NC2=O)c2ccc(C3CCN(C(=O)OC(C)(C)C)C[C@@H]3O)cc21. The van der Waals surface area contributed by atoms with Gasteiger partial charge in [0.1, 0.15) is 5.60 Å². The number of amides is 4. The molecule has 1 unspecified atom stereocenters. The third-order valence-electron chi connectivity index (χ3n) is 5.83. The van der Waals surface area contributed by atoms with Gasteiger partial charge in [-0.05, 0) is 44.9 Å². The van der Waals surface area contributed by atoms with Gasteiger partial charge in [0, 0.05) is 37.9 Å². The number of likely N-dealkylation sites (tertiary alicyclic amines) is 1. The number of fused-ring (bicyclic) bond motifs is 1. The number of imide groups is 1. The summed E-state index contributed by atoms with van der Waals surface area (Å²) in [5.41, 5.74) is 1.19. The van der Waals surface area contributed by atoms with E-state index in [2.05, 4.69) is 10.4 Å². The molecule has 2 aliphatic heterocycles. The average Bonchev–Trinajstić information content (AvgIpc) is 3.02. The van der Waals surface area contributed by atoms with E-state index in [-0.39, 0.29) is 31.3 Å². The predicted octanol–water partition coefficient (Wildman–Crippen LogP) is 2.10. The third kappa shape index (κ3) is 4.27. The van der Waals surface area contributed by atoms with Crippen molar-refractivity contribution in [2.75, 3.05) is 24.5 Å². The van der Waals surface area contributed by atoms with Crippen LogP contribution in [0.3, 0.4) is 0 Å². The number of urea groups is 1. The van der Waals surface area contributed by atoms with Gasteiger partial charge in [-0.1, -0.05) is 6.07 Å². The van der Waals surface area contributed by atoms with Crippen molar-refractivity contribution >= 4 is 34.8 Å². The molecule has 0 radical (unpaired) electrons.